The Morgan fingerprint density at radius 3 is 3.14 bits per heavy atom. The molecule has 0 amide bonds. The van der Waals surface area contributed by atoms with Gasteiger partial charge in [0.15, 0.2) is 0 Å². The Bertz CT molecular complexity index is 495. The Morgan fingerprint density at radius 1 is 1.57 bits per heavy atom. The lowest BCUT2D eigenvalue weighted by Gasteiger charge is -2.24. The number of ether oxygens (including phenoxy) is 1. The fourth-order valence-corrected chi connectivity index (χ4v) is 3.66. The number of hydrogen-bond acceptors (Lipinski definition) is 5. The molecule has 5 heteroatoms. The molecule has 1 saturated heterocycles. The topological polar surface area (TPSA) is 65.3 Å². The van der Waals surface area contributed by atoms with E-state index >= 15 is 0 Å². The number of benzene rings is 1. The van der Waals surface area contributed by atoms with Crippen LogP contribution in [0.4, 0.5) is 0 Å². The second-order valence-corrected chi connectivity index (χ2v) is 7.32. The maximum absolute atomic E-state index is 9.94. The van der Waals surface area contributed by atoms with Gasteiger partial charge < -0.3 is 15.2 Å². The molecular formula is C16H22N2O2S. The zero-order valence-electron chi connectivity index (χ0n) is 12.3. The molecule has 0 spiro atoms. The van der Waals surface area contributed by atoms with Crippen molar-refractivity contribution in [3.8, 4) is 11.8 Å². The molecule has 1 aromatic rings. The van der Waals surface area contributed by atoms with Crippen LogP contribution in [0.25, 0.3) is 0 Å². The Labute approximate surface area is 130 Å². The molecule has 1 aliphatic heterocycles. The van der Waals surface area contributed by atoms with Crippen molar-refractivity contribution in [1.29, 1.82) is 5.26 Å². The van der Waals surface area contributed by atoms with E-state index in [0.29, 0.717) is 22.6 Å². The highest BCUT2D eigenvalue weighted by Gasteiger charge is 2.28. The largest absolute Gasteiger partial charge is 0.491 e. The molecule has 2 atom stereocenters. The van der Waals surface area contributed by atoms with Crippen molar-refractivity contribution in [2.24, 2.45) is 0 Å². The van der Waals surface area contributed by atoms with Crippen molar-refractivity contribution in [2.75, 3.05) is 25.4 Å². The highest BCUT2D eigenvalue weighted by atomic mass is 32.2. The van der Waals surface area contributed by atoms with E-state index in [4.69, 9.17) is 10.00 Å². The molecule has 2 N–H and O–H groups in total. The summed E-state index contributed by atoms with van der Waals surface area (Å²) in [6.07, 6.45) is 1.97. The van der Waals surface area contributed by atoms with Crippen LogP contribution in [0.1, 0.15) is 25.3 Å². The Morgan fingerprint density at radius 2 is 2.43 bits per heavy atom. The van der Waals surface area contributed by atoms with Crippen LogP contribution in [0.15, 0.2) is 24.3 Å². The van der Waals surface area contributed by atoms with E-state index in [1.165, 1.54) is 18.6 Å². The van der Waals surface area contributed by atoms with Crippen LogP contribution in [0.2, 0.25) is 0 Å². The van der Waals surface area contributed by atoms with Gasteiger partial charge in [0.25, 0.3) is 0 Å². The van der Waals surface area contributed by atoms with Gasteiger partial charge in [-0.1, -0.05) is 6.07 Å². The van der Waals surface area contributed by atoms with Crippen molar-refractivity contribution < 1.29 is 9.84 Å². The van der Waals surface area contributed by atoms with Crippen molar-refractivity contribution in [1.82, 2.24) is 5.32 Å². The van der Waals surface area contributed by atoms with Crippen molar-refractivity contribution in [3.63, 3.8) is 0 Å². The minimum Gasteiger partial charge on any atom is -0.491 e. The fraction of sp³-hybridized carbons (Fsp3) is 0.562. The van der Waals surface area contributed by atoms with Gasteiger partial charge in [-0.2, -0.15) is 17.0 Å². The number of aliphatic hydroxyl groups excluding tert-OH is 1. The first-order valence-electron chi connectivity index (χ1n) is 7.27. The summed E-state index contributed by atoms with van der Waals surface area (Å²) in [5, 5.41) is 22.1. The molecule has 1 aliphatic rings. The number of nitrogens with one attached hydrogen (secondary N) is 1. The minimum absolute atomic E-state index is 0.228. The van der Waals surface area contributed by atoms with Gasteiger partial charge in [0.05, 0.1) is 11.6 Å². The zero-order valence-corrected chi connectivity index (χ0v) is 13.2. The predicted octanol–water partition coefficient (Wildman–Crippen LogP) is 2.17. The second-order valence-electron chi connectivity index (χ2n) is 5.64. The number of aliphatic hydroxyl groups is 1. The highest BCUT2D eigenvalue weighted by Crippen LogP contribution is 2.36. The highest BCUT2D eigenvalue weighted by molar-refractivity contribution is 8.00. The second kappa shape index (κ2) is 7.69. The van der Waals surface area contributed by atoms with Crippen molar-refractivity contribution in [3.05, 3.63) is 29.8 Å². The molecule has 0 aromatic heterocycles. The average Bonchev–Trinajstić information content (AvgIpc) is 2.92. The molecule has 2 unspecified atom stereocenters. The Kier molecular flexibility index (Phi) is 5.92. The molecule has 0 radical (unpaired) electrons. The van der Waals surface area contributed by atoms with Gasteiger partial charge in [0.2, 0.25) is 0 Å². The zero-order chi connectivity index (χ0) is 15.1. The fourth-order valence-electron chi connectivity index (χ4n) is 2.39. The summed E-state index contributed by atoms with van der Waals surface area (Å²) in [5.74, 6) is 1.85. The molecule has 2 rings (SSSR count). The lowest BCUT2D eigenvalue weighted by molar-refractivity contribution is 0.106. The third-order valence-corrected chi connectivity index (χ3v) is 5.12. The number of rotatable bonds is 7. The van der Waals surface area contributed by atoms with Gasteiger partial charge >= 0.3 is 0 Å². The van der Waals surface area contributed by atoms with Gasteiger partial charge in [0, 0.05) is 17.8 Å². The smallest absolute Gasteiger partial charge is 0.120 e. The SMILES string of the molecule is CC1(CNCC(O)COc2cccc(C#N)c2)CCCS1. The average molecular weight is 306 g/mol. The third kappa shape index (κ3) is 5.24. The van der Waals surface area contributed by atoms with Crippen LogP contribution in [0.5, 0.6) is 5.75 Å². The summed E-state index contributed by atoms with van der Waals surface area (Å²) in [7, 11) is 0. The van der Waals surface area contributed by atoms with Crippen molar-refractivity contribution >= 4 is 11.8 Å². The standard InChI is InChI=1S/C16H22N2O2S/c1-16(6-3-7-21-16)12-18-10-14(19)11-20-15-5-2-4-13(8-15)9-17/h2,4-5,8,14,18-19H,3,6-7,10-12H2,1H3. The summed E-state index contributed by atoms with van der Waals surface area (Å²) >= 11 is 2.00. The molecular weight excluding hydrogens is 284 g/mol. The molecule has 1 heterocycles. The molecule has 0 bridgehead atoms. The molecule has 4 nitrogen and oxygen atoms in total. The van der Waals surface area contributed by atoms with Crippen LogP contribution in [-0.2, 0) is 0 Å². The predicted molar refractivity (Wildman–Crippen MR) is 85.6 cm³/mol. The van der Waals surface area contributed by atoms with E-state index in [1.54, 1.807) is 24.3 Å². The Balaban J connectivity index is 1.67. The maximum atomic E-state index is 9.94. The van der Waals surface area contributed by atoms with E-state index in [-0.39, 0.29) is 6.61 Å². The van der Waals surface area contributed by atoms with Crippen LogP contribution >= 0.6 is 11.8 Å². The van der Waals surface area contributed by atoms with Gasteiger partial charge in [-0.15, -0.1) is 0 Å². The van der Waals surface area contributed by atoms with Gasteiger partial charge in [-0.25, -0.2) is 0 Å². The molecule has 114 valence electrons. The molecule has 1 aromatic carbocycles. The van der Waals surface area contributed by atoms with E-state index < -0.39 is 6.10 Å². The molecule has 1 fully saturated rings. The van der Waals surface area contributed by atoms with E-state index in [0.717, 1.165) is 6.54 Å². The first-order chi connectivity index (χ1) is 10.1. The van der Waals surface area contributed by atoms with Crippen LogP contribution in [0, 0.1) is 11.3 Å². The quantitative estimate of drug-likeness (QED) is 0.808. The lowest BCUT2D eigenvalue weighted by Crippen LogP contribution is -2.39. The monoisotopic (exact) mass is 306 g/mol. The first-order valence-corrected chi connectivity index (χ1v) is 8.26. The summed E-state index contributed by atoms with van der Waals surface area (Å²) in [5.41, 5.74) is 0.561. The molecule has 21 heavy (non-hydrogen) atoms. The van der Waals surface area contributed by atoms with Gasteiger partial charge in [-0.3, -0.25) is 0 Å². The van der Waals surface area contributed by atoms with E-state index in [9.17, 15) is 5.11 Å². The minimum atomic E-state index is -0.550. The van der Waals surface area contributed by atoms with Crippen molar-refractivity contribution in [2.45, 2.75) is 30.6 Å². The summed E-state index contributed by atoms with van der Waals surface area (Å²) in [6, 6.07) is 9.03. The molecule has 0 saturated carbocycles. The van der Waals surface area contributed by atoms with Crippen LogP contribution in [0.3, 0.4) is 0 Å². The normalized spacial score (nSPS) is 22.7. The summed E-state index contributed by atoms with van der Waals surface area (Å²) < 4.78 is 5.82. The summed E-state index contributed by atoms with van der Waals surface area (Å²) in [6.45, 7) is 3.94. The first kappa shape index (κ1) is 16.2. The van der Waals surface area contributed by atoms with E-state index in [1.807, 2.05) is 11.8 Å². The van der Waals surface area contributed by atoms with Crippen LogP contribution in [-0.4, -0.2) is 41.4 Å². The lowest BCUT2D eigenvalue weighted by atomic mass is 10.1. The number of thioether (sulfide) groups is 1. The number of nitriles is 1. The third-order valence-electron chi connectivity index (χ3n) is 3.58. The molecule has 0 aliphatic carbocycles. The Hall–Kier alpha value is -1.22. The van der Waals surface area contributed by atoms with Crippen LogP contribution < -0.4 is 10.1 Å². The number of hydrogen-bond donors (Lipinski definition) is 2. The maximum Gasteiger partial charge on any atom is 0.120 e. The number of nitrogens with zero attached hydrogens (tertiary/aromatic N) is 1. The van der Waals surface area contributed by atoms with Gasteiger partial charge in [0.1, 0.15) is 18.5 Å². The summed E-state index contributed by atoms with van der Waals surface area (Å²) in [4.78, 5) is 0. The van der Waals surface area contributed by atoms with E-state index in [2.05, 4.69) is 18.3 Å². The van der Waals surface area contributed by atoms with Gasteiger partial charge in [-0.05, 0) is 43.7 Å².